The smallest absolute Gasteiger partial charge is 0.319 e. The number of benzene rings is 2. The molecule has 5 nitrogen and oxygen atoms in total. The Hall–Kier alpha value is -2.58. The molecule has 0 aliphatic carbocycles. The number of hydrogen-bond donors (Lipinski definition) is 2. The normalized spacial score (nSPS) is 12.4. The number of imidazole rings is 1. The highest BCUT2D eigenvalue weighted by molar-refractivity contribution is 5.93. The van der Waals surface area contributed by atoms with Crippen LogP contribution in [0.2, 0.25) is 0 Å². The van der Waals surface area contributed by atoms with Gasteiger partial charge in [-0.05, 0) is 36.9 Å². The molecule has 9 heteroatoms. The Bertz CT molecular complexity index is 987. The lowest BCUT2D eigenvalue weighted by atomic mass is 10.1. The van der Waals surface area contributed by atoms with Crippen LogP contribution in [0.25, 0.3) is 11.0 Å². The van der Waals surface area contributed by atoms with Crippen molar-refractivity contribution in [3.63, 3.8) is 0 Å². The molecule has 0 radical (unpaired) electrons. The maximum Gasteiger partial charge on any atom is 0.416 e. The molecule has 0 fully saturated rings. The lowest BCUT2D eigenvalue weighted by Gasteiger charge is -2.14. The largest absolute Gasteiger partial charge is 0.416 e. The van der Waals surface area contributed by atoms with E-state index in [-0.39, 0.29) is 30.8 Å². The molecule has 0 saturated heterocycles. The van der Waals surface area contributed by atoms with Crippen LogP contribution in [-0.2, 0) is 17.5 Å². The molecule has 0 spiro atoms. The summed E-state index contributed by atoms with van der Waals surface area (Å²) in [6.07, 6.45) is -4.41. The number of halogens is 4. The minimum absolute atomic E-state index is 0. The van der Waals surface area contributed by atoms with Crippen molar-refractivity contribution in [1.29, 1.82) is 0 Å². The van der Waals surface area contributed by atoms with Crippen molar-refractivity contribution >= 4 is 35.3 Å². The van der Waals surface area contributed by atoms with Crippen LogP contribution < -0.4 is 10.6 Å². The first-order valence-electron chi connectivity index (χ1n) is 8.86. The molecular weight excluding hydrogens is 405 g/mol. The quantitative estimate of drug-likeness (QED) is 0.617. The van der Waals surface area contributed by atoms with Crippen LogP contribution in [0.1, 0.15) is 18.1 Å². The molecule has 3 rings (SSSR count). The number of amides is 1. The molecule has 29 heavy (non-hydrogen) atoms. The second-order valence-corrected chi connectivity index (χ2v) is 6.66. The fraction of sp³-hybridized carbons (Fsp3) is 0.300. The number of carbonyl (C=O) groups excluding carboxylic acids is 1. The van der Waals surface area contributed by atoms with E-state index in [9.17, 15) is 18.0 Å². The van der Waals surface area contributed by atoms with E-state index in [1.54, 1.807) is 30.7 Å². The van der Waals surface area contributed by atoms with E-state index in [0.29, 0.717) is 23.6 Å². The van der Waals surface area contributed by atoms with Crippen LogP contribution in [-0.4, -0.2) is 29.1 Å². The number of para-hydroxylation sites is 2. The number of nitrogens with one attached hydrogen (secondary N) is 2. The van der Waals surface area contributed by atoms with Gasteiger partial charge in [0, 0.05) is 12.5 Å². The Kier molecular flexibility index (Phi) is 7.26. The molecule has 0 saturated carbocycles. The number of hydrogen-bond acceptors (Lipinski definition) is 3. The first-order chi connectivity index (χ1) is 13.3. The van der Waals surface area contributed by atoms with Gasteiger partial charge < -0.3 is 9.88 Å². The Morgan fingerprint density at radius 3 is 2.59 bits per heavy atom. The van der Waals surface area contributed by atoms with Crippen molar-refractivity contribution in [2.75, 3.05) is 18.9 Å². The van der Waals surface area contributed by atoms with Gasteiger partial charge in [0.1, 0.15) is 0 Å². The fourth-order valence-corrected chi connectivity index (χ4v) is 2.99. The predicted octanol–water partition coefficient (Wildman–Crippen LogP) is 4.32. The summed E-state index contributed by atoms with van der Waals surface area (Å²) in [7, 11) is 1.76. The van der Waals surface area contributed by atoms with Gasteiger partial charge >= 0.3 is 6.18 Å². The zero-order valence-corrected chi connectivity index (χ0v) is 16.8. The standard InChI is InChI=1S/C20H21F3N4O.ClH/c1-13(11-24-2)18(28)26-19-25-16-8-3-4-9-17(16)27(19)12-14-6-5-7-15(10-14)20(21,22)23;/h3-10,13,24H,11-12H2,1-2H3,(H,25,26,28);1H. The average Bonchev–Trinajstić information content (AvgIpc) is 2.99. The molecule has 1 atom stereocenters. The average molecular weight is 427 g/mol. The summed E-state index contributed by atoms with van der Waals surface area (Å²) in [5.41, 5.74) is 1.15. The van der Waals surface area contributed by atoms with Gasteiger partial charge in [0.2, 0.25) is 11.9 Å². The lowest BCUT2D eigenvalue weighted by molar-refractivity contribution is -0.137. The minimum atomic E-state index is -4.41. The summed E-state index contributed by atoms with van der Waals surface area (Å²) in [5, 5.41) is 5.74. The van der Waals surface area contributed by atoms with Crippen molar-refractivity contribution in [2.45, 2.75) is 19.6 Å². The molecule has 2 N–H and O–H groups in total. The number of alkyl halides is 3. The molecule has 3 aromatic rings. The van der Waals surface area contributed by atoms with Gasteiger partial charge in [-0.2, -0.15) is 13.2 Å². The van der Waals surface area contributed by atoms with Gasteiger partial charge in [0.15, 0.2) is 0 Å². The van der Waals surface area contributed by atoms with Crippen LogP contribution in [0.3, 0.4) is 0 Å². The highest BCUT2D eigenvalue weighted by atomic mass is 35.5. The summed E-state index contributed by atoms with van der Waals surface area (Å²) in [5.74, 6) is -0.187. The van der Waals surface area contributed by atoms with Gasteiger partial charge in [-0.3, -0.25) is 10.1 Å². The molecule has 2 aromatic carbocycles. The molecule has 1 unspecified atom stereocenters. The van der Waals surface area contributed by atoms with E-state index in [1.807, 2.05) is 18.2 Å². The highest BCUT2D eigenvalue weighted by Gasteiger charge is 2.30. The summed E-state index contributed by atoms with van der Waals surface area (Å²) in [6, 6.07) is 12.4. The van der Waals surface area contributed by atoms with Gasteiger partial charge in [-0.1, -0.05) is 31.2 Å². The number of aromatic nitrogens is 2. The van der Waals surface area contributed by atoms with E-state index in [4.69, 9.17) is 0 Å². The molecule has 0 aliphatic heterocycles. The van der Waals surface area contributed by atoms with Crippen molar-refractivity contribution in [1.82, 2.24) is 14.9 Å². The highest BCUT2D eigenvalue weighted by Crippen LogP contribution is 2.30. The number of carbonyl (C=O) groups is 1. The van der Waals surface area contributed by atoms with Crippen molar-refractivity contribution < 1.29 is 18.0 Å². The fourth-order valence-electron chi connectivity index (χ4n) is 2.99. The van der Waals surface area contributed by atoms with E-state index >= 15 is 0 Å². The van der Waals surface area contributed by atoms with Crippen LogP contribution in [0.4, 0.5) is 19.1 Å². The van der Waals surface area contributed by atoms with Gasteiger partial charge in [0.25, 0.3) is 0 Å². The number of rotatable bonds is 6. The van der Waals surface area contributed by atoms with Crippen LogP contribution in [0, 0.1) is 5.92 Å². The molecule has 1 heterocycles. The van der Waals surface area contributed by atoms with Gasteiger partial charge in [-0.25, -0.2) is 4.98 Å². The number of nitrogens with zero attached hydrogens (tertiary/aromatic N) is 2. The molecule has 0 aliphatic rings. The van der Waals surface area contributed by atoms with Crippen LogP contribution >= 0.6 is 12.4 Å². The van der Waals surface area contributed by atoms with Crippen LogP contribution in [0.15, 0.2) is 48.5 Å². The molecule has 156 valence electrons. The third-order valence-electron chi connectivity index (χ3n) is 4.44. The predicted molar refractivity (Wildman–Crippen MR) is 109 cm³/mol. The summed E-state index contributed by atoms with van der Waals surface area (Å²) in [6.45, 7) is 2.44. The van der Waals surface area contributed by atoms with E-state index in [2.05, 4.69) is 15.6 Å². The third-order valence-corrected chi connectivity index (χ3v) is 4.44. The zero-order valence-electron chi connectivity index (χ0n) is 16.0. The second-order valence-electron chi connectivity index (χ2n) is 6.66. The second kappa shape index (κ2) is 9.28. The van der Waals surface area contributed by atoms with E-state index in [1.165, 1.54) is 6.07 Å². The Balaban J connectivity index is 0.00000300. The first-order valence-corrected chi connectivity index (χ1v) is 8.86. The van der Waals surface area contributed by atoms with E-state index in [0.717, 1.165) is 17.6 Å². The molecule has 1 aromatic heterocycles. The molecule has 1 amide bonds. The van der Waals surface area contributed by atoms with E-state index < -0.39 is 11.7 Å². The monoisotopic (exact) mass is 426 g/mol. The number of fused-ring (bicyclic) bond motifs is 1. The summed E-state index contributed by atoms with van der Waals surface area (Å²) in [4.78, 5) is 16.9. The lowest BCUT2D eigenvalue weighted by Crippen LogP contribution is -2.29. The topological polar surface area (TPSA) is 59.0 Å². The maximum absolute atomic E-state index is 13.0. The maximum atomic E-state index is 13.0. The molecular formula is C20H22ClF3N4O. The first kappa shape index (κ1) is 22.7. The third kappa shape index (κ3) is 5.27. The number of anilines is 1. The van der Waals surface area contributed by atoms with Crippen LogP contribution in [0.5, 0.6) is 0 Å². The summed E-state index contributed by atoms with van der Waals surface area (Å²) < 4.78 is 40.8. The van der Waals surface area contributed by atoms with Crippen molar-refractivity contribution in [3.05, 3.63) is 59.7 Å². The zero-order chi connectivity index (χ0) is 20.3. The minimum Gasteiger partial charge on any atom is -0.319 e. The Morgan fingerprint density at radius 2 is 1.90 bits per heavy atom. The molecule has 0 bridgehead atoms. The Morgan fingerprint density at radius 1 is 1.17 bits per heavy atom. The van der Waals surface area contributed by atoms with Gasteiger partial charge in [-0.15, -0.1) is 12.4 Å². The van der Waals surface area contributed by atoms with Gasteiger partial charge in [0.05, 0.1) is 23.1 Å². The van der Waals surface area contributed by atoms with Crippen molar-refractivity contribution in [2.24, 2.45) is 5.92 Å². The SMILES string of the molecule is CNCC(C)C(=O)Nc1nc2ccccc2n1Cc1cccc(C(F)(F)F)c1.Cl. The summed E-state index contributed by atoms with van der Waals surface area (Å²) >= 11 is 0. The Labute approximate surface area is 172 Å². The van der Waals surface area contributed by atoms with Crippen molar-refractivity contribution in [3.8, 4) is 0 Å².